The van der Waals surface area contributed by atoms with E-state index in [2.05, 4.69) is 11.0 Å². The van der Waals surface area contributed by atoms with Gasteiger partial charge in [-0.1, -0.05) is 18.2 Å². The second kappa shape index (κ2) is 5.82. The van der Waals surface area contributed by atoms with Crippen LogP contribution in [-0.4, -0.2) is 31.4 Å². The maximum absolute atomic E-state index is 10.7. The van der Waals surface area contributed by atoms with Crippen molar-refractivity contribution in [3.63, 3.8) is 0 Å². The molecule has 0 amide bonds. The quantitative estimate of drug-likeness (QED) is 0.746. The Labute approximate surface area is 102 Å². The maximum atomic E-state index is 10.7. The lowest BCUT2D eigenvalue weighted by Gasteiger charge is -2.29. The van der Waals surface area contributed by atoms with Gasteiger partial charge in [0.1, 0.15) is 12.0 Å². The number of nitrogens with zero attached hydrogens (tertiary/aromatic N) is 1. The fraction of sp³-hybridized carbons (Fsp3) is 0.500. The summed E-state index contributed by atoms with van der Waals surface area (Å²) in [6.45, 7) is 2.92. The zero-order valence-corrected chi connectivity index (χ0v) is 10.3. The van der Waals surface area contributed by atoms with E-state index in [0.717, 1.165) is 44.5 Å². The number of para-hydroxylation sites is 1. The van der Waals surface area contributed by atoms with E-state index in [4.69, 9.17) is 4.74 Å². The predicted octanol–water partition coefficient (Wildman–Crippen LogP) is 2.11. The molecule has 0 radical (unpaired) electrons. The number of rotatable bonds is 4. The van der Waals surface area contributed by atoms with Crippen molar-refractivity contribution in [1.82, 2.24) is 4.90 Å². The monoisotopic (exact) mass is 233 g/mol. The highest BCUT2D eigenvalue weighted by Crippen LogP contribution is 2.22. The fourth-order valence-corrected chi connectivity index (χ4v) is 2.32. The van der Waals surface area contributed by atoms with Gasteiger partial charge in [0.15, 0.2) is 0 Å². The lowest BCUT2D eigenvalue weighted by molar-refractivity contribution is -0.112. The number of piperidine rings is 1. The van der Waals surface area contributed by atoms with E-state index in [1.807, 2.05) is 18.2 Å². The van der Waals surface area contributed by atoms with Gasteiger partial charge in [0.2, 0.25) is 0 Å². The molecule has 3 nitrogen and oxygen atoms in total. The average molecular weight is 233 g/mol. The van der Waals surface area contributed by atoms with E-state index >= 15 is 0 Å². The molecule has 0 saturated carbocycles. The van der Waals surface area contributed by atoms with E-state index in [1.165, 1.54) is 5.56 Å². The van der Waals surface area contributed by atoms with Crippen LogP contribution in [0, 0.1) is 5.92 Å². The van der Waals surface area contributed by atoms with Crippen LogP contribution in [0.1, 0.15) is 18.4 Å². The lowest BCUT2D eigenvalue weighted by Crippen LogP contribution is -2.33. The van der Waals surface area contributed by atoms with Gasteiger partial charge in [0.05, 0.1) is 7.11 Å². The van der Waals surface area contributed by atoms with Crippen LogP contribution in [0.3, 0.4) is 0 Å². The summed E-state index contributed by atoms with van der Waals surface area (Å²) in [4.78, 5) is 13.1. The topological polar surface area (TPSA) is 29.5 Å². The molecule has 1 aliphatic rings. The van der Waals surface area contributed by atoms with Crippen molar-refractivity contribution in [2.24, 2.45) is 5.92 Å². The molecule has 1 aromatic carbocycles. The van der Waals surface area contributed by atoms with Crippen molar-refractivity contribution in [2.45, 2.75) is 19.4 Å². The van der Waals surface area contributed by atoms with Crippen LogP contribution < -0.4 is 4.74 Å². The van der Waals surface area contributed by atoms with Gasteiger partial charge in [-0.2, -0.15) is 0 Å². The van der Waals surface area contributed by atoms with Crippen LogP contribution in [0.5, 0.6) is 5.75 Å². The van der Waals surface area contributed by atoms with Crippen LogP contribution in [0.4, 0.5) is 0 Å². The number of methoxy groups -OCH3 is 1. The largest absolute Gasteiger partial charge is 0.496 e. The summed E-state index contributed by atoms with van der Waals surface area (Å²) < 4.78 is 5.35. The zero-order chi connectivity index (χ0) is 12.1. The van der Waals surface area contributed by atoms with E-state index in [9.17, 15) is 4.79 Å². The summed E-state index contributed by atoms with van der Waals surface area (Å²) in [5, 5.41) is 0. The number of hydrogen-bond donors (Lipinski definition) is 0. The molecule has 0 bridgehead atoms. The molecular weight excluding hydrogens is 214 g/mol. The molecule has 2 rings (SSSR count). The number of hydrogen-bond acceptors (Lipinski definition) is 3. The van der Waals surface area contributed by atoms with Crippen molar-refractivity contribution >= 4 is 6.29 Å². The number of ether oxygens (including phenoxy) is 1. The van der Waals surface area contributed by atoms with Gasteiger partial charge >= 0.3 is 0 Å². The standard InChI is InChI=1S/C14H19NO2/c1-17-14-5-3-2-4-13(14)10-15-8-6-12(11-16)7-9-15/h2-5,11-12H,6-10H2,1H3. The first kappa shape index (κ1) is 12.1. The number of aldehydes is 1. The van der Waals surface area contributed by atoms with Crippen molar-refractivity contribution in [3.05, 3.63) is 29.8 Å². The van der Waals surface area contributed by atoms with Crippen LogP contribution in [0.2, 0.25) is 0 Å². The lowest BCUT2D eigenvalue weighted by atomic mass is 9.98. The van der Waals surface area contributed by atoms with Gasteiger partial charge in [-0.3, -0.25) is 4.90 Å². The molecule has 1 saturated heterocycles. The Morgan fingerprint density at radius 2 is 2.06 bits per heavy atom. The Hall–Kier alpha value is -1.35. The molecule has 0 aliphatic carbocycles. The zero-order valence-electron chi connectivity index (χ0n) is 10.3. The predicted molar refractivity (Wildman–Crippen MR) is 67.1 cm³/mol. The second-order valence-corrected chi connectivity index (χ2v) is 4.56. The van der Waals surface area contributed by atoms with Crippen LogP contribution in [0.25, 0.3) is 0 Å². The Morgan fingerprint density at radius 3 is 2.71 bits per heavy atom. The van der Waals surface area contributed by atoms with E-state index in [0.29, 0.717) is 0 Å². The van der Waals surface area contributed by atoms with Gasteiger partial charge in [0, 0.05) is 18.0 Å². The summed E-state index contributed by atoms with van der Waals surface area (Å²) >= 11 is 0. The van der Waals surface area contributed by atoms with Crippen LogP contribution >= 0.6 is 0 Å². The molecule has 1 aliphatic heterocycles. The van der Waals surface area contributed by atoms with Gasteiger partial charge in [-0.05, 0) is 32.0 Å². The molecule has 1 aromatic rings. The molecule has 1 fully saturated rings. The summed E-state index contributed by atoms with van der Waals surface area (Å²) in [6, 6.07) is 8.12. The first-order valence-electron chi connectivity index (χ1n) is 6.13. The molecule has 17 heavy (non-hydrogen) atoms. The van der Waals surface area contributed by atoms with Gasteiger partial charge in [0.25, 0.3) is 0 Å². The highest BCUT2D eigenvalue weighted by Gasteiger charge is 2.19. The summed E-state index contributed by atoms with van der Waals surface area (Å²) in [6.07, 6.45) is 3.07. The third-order valence-corrected chi connectivity index (χ3v) is 3.41. The molecule has 0 N–H and O–H groups in total. The van der Waals surface area contributed by atoms with Crippen molar-refractivity contribution < 1.29 is 9.53 Å². The molecule has 0 unspecified atom stereocenters. The fourth-order valence-electron chi connectivity index (χ4n) is 2.32. The van der Waals surface area contributed by atoms with Crippen molar-refractivity contribution in [3.8, 4) is 5.75 Å². The second-order valence-electron chi connectivity index (χ2n) is 4.56. The summed E-state index contributed by atoms with van der Waals surface area (Å²) in [5.74, 6) is 1.22. The van der Waals surface area contributed by atoms with Gasteiger partial charge in [-0.25, -0.2) is 0 Å². The minimum absolute atomic E-state index is 0.268. The number of benzene rings is 1. The van der Waals surface area contributed by atoms with Crippen molar-refractivity contribution in [2.75, 3.05) is 20.2 Å². The number of carbonyl (C=O) groups is 1. The highest BCUT2D eigenvalue weighted by molar-refractivity contribution is 5.53. The maximum Gasteiger partial charge on any atom is 0.123 e. The Balaban J connectivity index is 1.95. The van der Waals surface area contributed by atoms with Gasteiger partial charge in [-0.15, -0.1) is 0 Å². The molecule has 92 valence electrons. The number of likely N-dealkylation sites (tertiary alicyclic amines) is 1. The summed E-state index contributed by atoms with van der Waals surface area (Å²) in [7, 11) is 1.71. The Kier molecular flexibility index (Phi) is 4.15. The van der Waals surface area contributed by atoms with Crippen LogP contribution in [0.15, 0.2) is 24.3 Å². The van der Waals surface area contributed by atoms with E-state index in [1.54, 1.807) is 7.11 Å². The highest BCUT2D eigenvalue weighted by atomic mass is 16.5. The third-order valence-electron chi connectivity index (χ3n) is 3.41. The average Bonchev–Trinajstić information content (AvgIpc) is 2.40. The molecule has 3 heteroatoms. The first-order chi connectivity index (χ1) is 8.33. The smallest absolute Gasteiger partial charge is 0.123 e. The molecule has 0 spiro atoms. The normalized spacial score (nSPS) is 17.9. The molecular formula is C14H19NO2. The van der Waals surface area contributed by atoms with E-state index in [-0.39, 0.29) is 5.92 Å². The SMILES string of the molecule is COc1ccccc1CN1CCC(C=O)CC1. The number of carbonyl (C=O) groups excluding carboxylic acids is 1. The molecule has 0 atom stereocenters. The molecule has 0 aromatic heterocycles. The molecule has 1 heterocycles. The van der Waals surface area contributed by atoms with E-state index < -0.39 is 0 Å². The van der Waals surface area contributed by atoms with Gasteiger partial charge < -0.3 is 9.53 Å². The Bertz CT molecular complexity index is 370. The van der Waals surface area contributed by atoms with Crippen LogP contribution in [-0.2, 0) is 11.3 Å². The first-order valence-corrected chi connectivity index (χ1v) is 6.13. The summed E-state index contributed by atoms with van der Waals surface area (Å²) in [5.41, 5.74) is 1.22. The minimum atomic E-state index is 0.268. The Morgan fingerprint density at radius 1 is 1.35 bits per heavy atom. The third kappa shape index (κ3) is 3.07. The minimum Gasteiger partial charge on any atom is -0.496 e. The van der Waals surface area contributed by atoms with Crippen molar-refractivity contribution in [1.29, 1.82) is 0 Å².